The molecule has 27 heavy (non-hydrogen) atoms. The summed E-state index contributed by atoms with van der Waals surface area (Å²) in [6.07, 6.45) is 1.21. The molecule has 0 radical (unpaired) electrons. The molecule has 7 heteroatoms. The zero-order valence-corrected chi connectivity index (χ0v) is 16.4. The van der Waals surface area contributed by atoms with Crippen molar-refractivity contribution in [1.29, 1.82) is 0 Å². The Hall–Kier alpha value is -2.25. The lowest BCUT2D eigenvalue weighted by molar-refractivity contribution is -0.128. The first kappa shape index (κ1) is 21.1. The molecule has 0 saturated heterocycles. The minimum Gasteiger partial charge on any atom is -0.341 e. The van der Waals surface area contributed by atoms with Crippen molar-refractivity contribution in [2.75, 3.05) is 19.6 Å². The fourth-order valence-corrected chi connectivity index (χ4v) is 3.71. The van der Waals surface area contributed by atoms with E-state index in [1.54, 1.807) is 42.5 Å². The summed E-state index contributed by atoms with van der Waals surface area (Å²) in [7, 11) is -3.63. The van der Waals surface area contributed by atoms with E-state index in [0.717, 1.165) is 12.0 Å². The van der Waals surface area contributed by atoms with Gasteiger partial charge in [-0.15, -0.1) is 0 Å². The van der Waals surface area contributed by atoms with Crippen LogP contribution in [-0.2, 0) is 27.7 Å². The molecule has 1 amide bonds. The molecule has 0 aliphatic rings. The van der Waals surface area contributed by atoms with Crippen molar-refractivity contribution >= 4 is 15.9 Å². The zero-order chi connectivity index (χ0) is 19.9. The van der Waals surface area contributed by atoms with E-state index in [1.807, 2.05) is 6.92 Å². The van der Waals surface area contributed by atoms with Crippen LogP contribution in [0, 0.1) is 5.82 Å². The van der Waals surface area contributed by atoms with Crippen LogP contribution in [0.3, 0.4) is 0 Å². The number of nitrogens with zero attached hydrogens (tertiary/aromatic N) is 1. The molecule has 0 aliphatic carbocycles. The van der Waals surface area contributed by atoms with Crippen molar-refractivity contribution in [3.05, 3.63) is 65.5 Å². The Balaban J connectivity index is 1.91. The van der Waals surface area contributed by atoms with E-state index in [9.17, 15) is 17.6 Å². The second-order valence-corrected chi connectivity index (χ2v) is 8.01. The summed E-state index contributed by atoms with van der Waals surface area (Å²) >= 11 is 0. The van der Waals surface area contributed by atoms with Crippen LogP contribution >= 0.6 is 0 Å². The number of amides is 1. The zero-order valence-electron chi connectivity index (χ0n) is 15.6. The van der Waals surface area contributed by atoms with Crippen LogP contribution in [0.1, 0.15) is 25.0 Å². The van der Waals surface area contributed by atoms with Crippen molar-refractivity contribution in [1.82, 2.24) is 9.62 Å². The number of rotatable bonds is 9. The third-order valence-corrected chi connectivity index (χ3v) is 5.85. The van der Waals surface area contributed by atoms with Crippen molar-refractivity contribution in [2.45, 2.75) is 31.6 Å². The monoisotopic (exact) mass is 392 g/mol. The molecule has 0 heterocycles. The quantitative estimate of drug-likeness (QED) is 0.714. The number of sulfonamides is 1. The Kier molecular flexibility index (Phi) is 7.50. The number of halogens is 1. The van der Waals surface area contributed by atoms with Gasteiger partial charge in [0.15, 0.2) is 0 Å². The van der Waals surface area contributed by atoms with Gasteiger partial charge in [-0.3, -0.25) is 4.79 Å². The van der Waals surface area contributed by atoms with Crippen molar-refractivity contribution in [2.24, 2.45) is 0 Å². The Morgan fingerprint density at radius 3 is 2.33 bits per heavy atom. The maximum Gasteiger partial charge on any atom is 0.240 e. The summed E-state index contributed by atoms with van der Waals surface area (Å²) in [6.45, 7) is 4.05. The molecule has 2 aromatic rings. The standard InChI is InChI=1S/C20H25FN2O3S/c1-3-17-8-10-19(11-9-17)27(25,26)22-13-15-23(16(2)24)14-12-18-6-4-5-7-20(18)21/h4-11,22H,3,12-15H2,1-2H3. The van der Waals surface area contributed by atoms with E-state index in [-0.39, 0.29) is 29.7 Å². The van der Waals surface area contributed by atoms with Crippen molar-refractivity contribution in [3.8, 4) is 0 Å². The fourth-order valence-electron chi connectivity index (χ4n) is 2.69. The lowest BCUT2D eigenvalue weighted by Gasteiger charge is -2.21. The van der Waals surface area contributed by atoms with Gasteiger partial charge in [-0.1, -0.05) is 37.3 Å². The third-order valence-electron chi connectivity index (χ3n) is 4.37. The van der Waals surface area contributed by atoms with Gasteiger partial charge in [0.1, 0.15) is 5.82 Å². The van der Waals surface area contributed by atoms with Gasteiger partial charge >= 0.3 is 0 Å². The largest absolute Gasteiger partial charge is 0.341 e. The Morgan fingerprint density at radius 1 is 1.07 bits per heavy atom. The van der Waals surface area contributed by atoms with E-state index in [4.69, 9.17) is 0 Å². The molecule has 1 N–H and O–H groups in total. The summed E-state index contributed by atoms with van der Waals surface area (Å²) in [5, 5.41) is 0. The molecule has 0 fully saturated rings. The highest BCUT2D eigenvalue weighted by molar-refractivity contribution is 7.89. The number of carbonyl (C=O) groups excluding carboxylic acids is 1. The van der Waals surface area contributed by atoms with E-state index in [1.165, 1.54) is 17.9 Å². The van der Waals surface area contributed by atoms with Crippen LogP contribution in [0.15, 0.2) is 53.4 Å². The molecule has 0 spiro atoms. The van der Waals surface area contributed by atoms with Crippen LogP contribution in [0.25, 0.3) is 0 Å². The molecule has 0 aromatic heterocycles. The van der Waals surface area contributed by atoms with Gasteiger partial charge in [0.05, 0.1) is 4.90 Å². The second kappa shape index (κ2) is 9.62. The number of nitrogens with one attached hydrogen (secondary N) is 1. The van der Waals surface area contributed by atoms with Gasteiger partial charge in [0.25, 0.3) is 0 Å². The highest BCUT2D eigenvalue weighted by Gasteiger charge is 2.15. The first-order chi connectivity index (χ1) is 12.8. The molecule has 0 unspecified atom stereocenters. The first-order valence-electron chi connectivity index (χ1n) is 8.91. The predicted molar refractivity (Wildman–Crippen MR) is 103 cm³/mol. The fraction of sp³-hybridized carbons (Fsp3) is 0.350. The summed E-state index contributed by atoms with van der Waals surface area (Å²) in [5.41, 5.74) is 1.59. The third kappa shape index (κ3) is 6.15. The average molecular weight is 392 g/mol. The first-order valence-corrected chi connectivity index (χ1v) is 10.4. The van der Waals surface area contributed by atoms with Crippen molar-refractivity contribution < 1.29 is 17.6 Å². The highest BCUT2D eigenvalue weighted by atomic mass is 32.2. The molecule has 5 nitrogen and oxygen atoms in total. The topological polar surface area (TPSA) is 66.5 Å². The summed E-state index contributed by atoms with van der Waals surface area (Å²) < 4.78 is 40.9. The number of aryl methyl sites for hydroxylation is 1. The minimum absolute atomic E-state index is 0.0920. The number of carbonyl (C=O) groups is 1. The number of benzene rings is 2. The molecule has 146 valence electrons. The summed E-state index contributed by atoms with van der Waals surface area (Å²) in [6, 6.07) is 13.1. The van der Waals surface area contributed by atoms with E-state index in [2.05, 4.69) is 4.72 Å². The van der Waals surface area contributed by atoms with Crippen LogP contribution in [0.2, 0.25) is 0 Å². The SMILES string of the molecule is CCc1ccc(S(=O)(=O)NCCN(CCc2ccccc2F)C(C)=O)cc1. The van der Waals surface area contributed by atoms with Crippen LogP contribution in [0.4, 0.5) is 4.39 Å². The molecular weight excluding hydrogens is 367 g/mol. The Labute approximate surface area is 160 Å². The highest BCUT2D eigenvalue weighted by Crippen LogP contribution is 2.11. The summed E-state index contributed by atoms with van der Waals surface area (Å²) in [4.78, 5) is 13.5. The molecule has 0 atom stereocenters. The lowest BCUT2D eigenvalue weighted by Crippen LogP contribution is -2.38. The van der Waals surface area contributed by atoms with Crippen LogP contribution < -0.4 is 4.72 Å². The van der Waals surface area contributed by atoms with E-state index < -0.39 is 10.0 Å². The molecular formula is C20H25FN2O3S. The molecule has 0 aliphatic heterocycles. The van der Waals surface area contributed by atoms with Gasteiger partial charge < -0.3 is 4.90 Å². The number of hydrogen-bond acceptors (Lipinski definition) is 3. The maximum atomic E-state index is 13.7. The van der Waals surface area contributed by atoms with Gasteiger partial charge in [-0.05, 0) is 42.2 Å². The number of hydrogen-bond donors (Lipinski definition) is 1. The average Bonchev–Trinajstić information content (AvgIpc) is 2.65. The molecule has 0 bridgehead atoms. The van der Waals surface area contributed by atoms with Gasteiger partial charge in [0, 0.05) is 26.6 Å². The normalized spacial score (nSPS) is 11.4. The van der Waals surface area contributed by atoms with E-state index in [0.29, 0.717) is 18.5 Å². The van der Waals surface area contributed by atoms with Crippen molar-refractivity contribution in [3.63, 3.8) is 0 Å². The maximum absolute atomic E-state index is 13.7. The van der Waals surface area contributed by atoms with Gasteiger partial charge in [-0.25, -0.2) is 17.5 Å². The lowest BCUT2D eigenvalue weighted by atomic mass is 10.1. The van der Waals surface area contributed by atoms with Gasteiger partial charge in [-0.2, -0.15) is 0 Å². The van der Waals surface area contributed by atoms with Crippen LogP contribution in [-0.4, -0.2) is 38.9 Å². The smallest absolute Gasteiger partial charge is 0.240 e. The van der Waals surface area contributed by atoms with Crippen LogP contribution in [0.5, 0.6) is 0 Å². The Morgan fingerprint density at radius 2 is 1.74 bits per heavy atom. The van der Waals surface area contributed by atoms with E-state index >= 15 is 0 Å². The van der Waals surface area contributed by atoms with Gasteiger partial charge in [0.2, 0.25) is 15.9 Å². The predicted octanol–water partition coefficient (Wildman–Crippen LogP) is 2.76. The second-order valence-electron chi connectivity index (χ2n) is 6.24. The minimum atomic E-state index is -3.63. The molecule has 2 rings (SSSR count). The summed E-state index contributed by atoms with van der Waals surface area (Å²) in [5.74, 6) is -0.491. The molecule has 0 saturated carbocycles. The Bertz CT molecular complexity index is 867. The molecule has 2 aromatic carbocycles.